The molecule has 0 spiro atoms. The summed E-state index contributed by atoms with van der Waals surface area (Å²) in [5.41, 5.74) is 0.575. The molecule has 0 radical (unpaired) electrons. The van der Waals surface area contributed by atoms with E-state index in [1.807, 2.05) is 6.92 Å². The van der Waals surface area contributed by atoms with E-state index in [0.717, 1.165) is 31.3 Å². The zero-order valence-corrected chi connectivity index (χ0v) is 16.0. The van der Waals surface area contributed by atoms with E-state index in [4.69, 9.17) is 4.74 Å². The summed E-state index contributed by atoms with van der Waals surface area (Å²) in [7, 11) is 0. The molecule has 2 aliphatic rings. The molecule has 2 aromatic rings. The number of hydrogen-bond acceptors (Lipinski definition) is 4. The van der Waals surface area contributed by atoms with Crippen LogP contribution in [0.15, 0.2) is 30.5 Å². The first-order valence-electron chi connectivity index (χ1n) is 9.86. The molecule has 0 bridgehead atoms. The number of alkyl halides is 1. The highest BCUT2D eigenvalue weighted by molar-refractivity contribution is 5.84. The van der Waals surface area contributed by atoms with Crippen LogP contribution in [0.25, 0.3) is 10.9 Å². The molecule has 0 saturated carbocycles. The van der Waals surface area contributed by atoms with E-state index in [0.29, 0.717) is 24.2 Å². The Labute approximate surface area is 163 Å². The number of pyridine rings is 1. The summed E-state index contributed by atoms with van der Waals surface area (Å²) in [6, 6.07) is 6.28. The fourth-order valence-corrected chi connectivity index (χ4v) is 4.16. The second-order valence-corrected chi connectivity index (χ2v) is 7.79. The summed E-state index contributed by atoms with van der Waals surface area (Å²) in [5.74, 6) is 0.398. The molecule has 7 heteroatoms. The van der Waals surface area contributed by atoms with Crippen molar-refractivity contribution in [2.24, 2.45) is 0 Å². The van der Waals surface area contributed by atoms with Crippen molar-refractivity contribution in [1.29, 1.82) is 0 Å². The van der Waals surface area contributed by atoms with Gasteiger partial charge in [0.1, 0.15) is 23.8 Å². The minimum atomic E-state index is -0.901. The summed E-state index contributed by atoms with van der Waals surface area (Å²) in [4.78, 5) is 20.4. The van der Waals surface area contributed by atoms with Gasteiger partial charge >= 0.3 is 0 Å². The zero-order valence-electron chi connectivity index (χ0n) is 16.0. The summed E-state index contributed by atoms with van der Waals surface area (Å²) in [6.07, 6.45) is 2.81. The van der Waals surface area contributed by atoms with E-state index in [1.165, 1.54) is 12.1 Å². The van der Waals surface area contributed by atoms with Crippen molar-refractivity contribution in [2.75, 3.05) is 26.2 Å². The maximum Gasteiger partial charge on any atom is 0.237 e. The van der Waals surface area contributed by atoms with Gasteiger partial charge in [-0.1, -0.05) is 0 Å². The summed E-state index contributed by atoms with van der Waals surface area (Å²) in [6.45, 7) is 3.98. The third kappa shape index (κ3) is 4.09. The molecule has 1 aromatic carbocycles. The van der Waals surface area contributed by atoms with E-state index in [9.17, 15) is 13.6 Å². The molecule has 5 nitrogen and oxygen atoms in total. The van der Waals surface area contributed by atoms with Crippen molar-refractivity contribution in [3.63, 3.8) is 0 Å². The van der Waals surface area contributed by atoms with E-state index in [1.54, 1.807) is 23.2 Å². The topological polar surface area (TPSA) is 45.7 Å². The maximum absolute atomic E-state index is 13.5. The minimum Gasteiger partial charge on any atom is -0.490 e. The van der Waals surface area contributed by atoms with Gasteiger partial charge in [-0.3, -0.25) is 14.7 Å². The predicted octanol–water partition coefficient (Wildman–Crippen LogP) is 3.18. The molecule has 0 N–H and O–H groups in total. The number of ether oxygens (including phenoxy) is 1. The molecular formula is C21H25F2N3O2. The number of halogens is 2. The second kappa shape index (κ2) is 7.99. The number of fused-ring (bicyclic) bond motifs is 1. The molecule has 3 heterocycles. The molecule has 0 aliphatic carbocycles. The van der Waals surface area contributed by atoms with Crippen LogP contribution in [0.4, 0.5) is 8.78 Å². The Bertz CT molecular complexity index is 855. The Morgan fingerprint density at radius 1 is 1.29 bits per heavy atom. The van der Waals surface area contributed by atoms with Gasteiger partial charge in [-0.2, -0.15) is 0 Å². The number of likely N-dealkylation sites (tertiary alicyclic amines) is 2. The third-order valence-electron chi connectivity index (χ3n) is 5.70. The van der Waals surface area contributed by atoms with Crippen molar-refractivity contribution in [2.45, 2.75) is 44.5 Å². The molecule has 2 saturated heterocycles. The summed E-state index contributed by atoms with van der Waals surface area (Å²) < 4.78 is 33.1. The van der Waals surface area contributed by atoms with Crippen molar-refractivity contribution < 1.29 is 18.3 Å². The lowest BCUT2D eigenvalue weighted by molar-refractivity contribution is -0.133. The van der Waals surface area contributed by atoms with Crippen LogP contribution >= 0.6 is 0 Å². The SMILES string of the molecule is C[C@@H]1C[C@H](F)CN1C(=O)CN1CCC(Oc2ccnc3cc(F)ccc23)CC1. The summed E-state index contributed by atoms with van der Waals surface area (Å²) >= 11 is 0. The van der Waals surface area contributed by atoms with Gasteiger partial charge in [0.15, 0.2) is 0 Å². The number of carbonyl (C=O) groups excluding carboxylic acids is 1. The van der Waals surface area contributed by atoms with Crippen molar-refractivity contribution in [3.8, 4) is 5.75 Å². The number of rotatable bonds is 4. The summed E-state index contributed by atoms with van der Waals surface area (Å²) in [5, 5.41) is 0.797. The van der Waals surface area contributed by atoms with Gasteiger partial charge in [-0.15, -0.1) is 0 Å². The highest BCUT2D eigenvalue weighted by Crippen LogP contribution is 2.27. The average molecular weight is 389 g/mol. The maximum atomic E-state index is 13.5. The van der Waals surface area contributed by atoms with E-state index < -0.39 is 6.17 Å². The van der Waals surface area contributed by atoms with Gasteiger partial charge in [0, 0.05) is 43.2 Å². The molecule has 2 aliphatic heterocycles. The molecule has 0 unspecified atom stereocenters. The number of piperidine rings is 1. The first kappa shape index (κ1) is 19.1. The van der Waals surface area contributed by atoms with Crippen molar-refractivity contribution in [1.82, 2.24) is 14.8 Å². The highest BCUT2D eigenvalue weighted by atomic mass is 19.1. The lowest BCUT2D eigenvalue weighted by Crippen LogP contribution is -2.46. The highest BCUT2D eigenvalue weighted by Gasteiger charge is 2.33. The number of aromatic nitrogens is 1. The number of nitrogens with zero attached hydrogens (tertiary/aromatic N) is 3. The Morgan fingerprint density at radius 2 is 2.07 bits per heavy atom. The van der Waals surface area contributed by atoms with Gasteiger partial charge in [-0.05, 0) is 38.0 Å². The molecular weight excluding hydrogens is 364 g/mol. The Hall–Kier alpha value is -2.28. The predicted molar refractivity (Wildman–Crippen MR) is 102 cm³/mol. The Balaban J connectivity index is 1.32. The van der Waals surface area contributed by atoms with Crippen LogP contribution in [-0.2, 0) is 4.79 Å². The van der Waals surface area contributed by atoms with E-state index in [2.05, 4.69) is 9.88 Å². The van der Waals surface area contributed by atoms with E-state index in [-0.39, 0.29) is 30.4 Å². The van der Waals surface area contributed by atoms with Crippen LogP contribution in [0.2, 0.25) is 0 Å². The first-order valence-corrected chi connectivity index (χ1v) is 9.86. The van der Waals surface area contributed by atoms with E-state index >= 15 is 0 Å². The van der Waals surface area contributed by atoms with Gasteiger partial charge in [0.05, 0.1) is 18.6 Å². The van der Waals surface area contributed by atoms with Crippen LogP contribution in [-0.4, -0.2) is 65.2 Å². The lowest BCUT2D eigenvalue weighted by atomic mass is 10.1. The van der Waals surface area contributed by atoms with Crippen molar-refractivity contribution >= 4 is 16.8 Å². The number of benzene rings is 1. The normalized spacial score (nSPS) is 24.0. The molecule has 1 aromatic heterocycles. The number of hydrogen-bond donors (Lipinski definition) is 0. The average Bonchev–Trinajstić information content (AvgIpc) is 3.01. The molecule has 2 atom stereocenters. The van der Waals surface area contributed by atoms with Crippen LogP contribution in [0.1, 0.15) is 26.2 Å². The van der Waals surface area contributed by atoms with Crippen LogP contribution in [0.3, 0.4) is 0 Å². The van der Waals surface area contributed by atoms with Crippen LogP contribution in [0.5, 0.6) is 5.75 Å². The van der Waals surface area contributed by atoms with Gasteiger partial charge < -0.3 is 9.64 Å². The molecule has 1 amide bonds. The van der Waals surface area contributed by atoms with Gasteiger partial charge in [-0.25, -0.2) is 8.78 Å². The minimum absolute atomic E-state index is 0.00849. The zero-order chi connectivity index (χ0) is 19.7. The largest absolute Gasteiger partial charge is 0.490 e. The number of amides is 1. The third-order valence-corrected chi connectivity index (χ3v) is 5.70. The fraction of sp³-hybridized carbons (Fsp3) is 0.524. The van der Waals surface area contributed by atoms with Crippen molar-refractivity contribution in [3.05, 3.63) is 36.3 Å². The quantitative estimate of drug-likeness (QED) is 0.806. The van der Waals surface area contributed by atoms with Gasteiger partial charge in [0.25, 0.3) is 0 Å². The first-order chi connectivity index (χ1) is 13.5. The second-order valence-electron chi connectivity index (χ2n) is 7.79. The van der Waals surface area contributed by atoms with Gasteiger partial charge in [0.2, 0.25) is 5.91 Å². The Morgan fingerprint density at radius 3 is 2.79 bits per heavy atom. The molecule has 28 heavy (non-hydrogen) atoms. The fourth-order valence-electron chi connectivity index (χ4n) is 4.16. The van der Waals surface area contributed by atoms with Crippen LogP contribution in [0, 0.1) is 5.82 Å². The number of carbonyl (C=O) groups is 1. The smallest absolute Gasteiger partial charge is 0.237 e. The molecule has 150 valence electrons. The lowest BCUT2D eigenvalue weighted by Gasteiger charge is -2.33. The van der Waals surface area contributed by atoms with Crippen LogP contribution < -0.4 is 4.74 Å². The standard InChI is InChI=1S/C21H25F2N3O2/c1-14-10-16(23)12-26(14)21(27)13-25-8-5-17(6-9-25)28-20-4-7-24-19-11-15(22)2-3-18(19)20/h2-4,7,11,14,16-17H,5-6,8-10,12-13H2,1H3/t14-,16+/m1/s1. The molecule has 4 rings (SSSR count). The molecule has 2 fully saturated rings. The monoisotopic (exact) mass is 389 g/mol. The Kier molecular flexibility index (Phi) is 5.44.